The molecule has 0 aliphatic carbocycles. The number of hydrogen-bond donors (Lipinski definition) is 2. The lowest BCUT2D eigenvalue weighted by Crippen LogP contribution is -2.18. The van der Waals surface area contributed by atoms with Crippen molar-refractivity contribution in [3.63, 3.8) is 0 Å². The van der Waals surface area contributed by atoms with Gasteiger partial charge in [0.25, 0.3) is 0 Å². The summed E-state index contributed by atoms with van der Waals surface area (Å²) in [7, 11) is 0. The van der Waals surface area contributed by atoms with Crippen LogP contribution < -0.4 is 20.1 Å². The molecule has 0 saturated heterocycles. The molecule has 0 atom stereocenters. The predicted octanol–water partition coefficient (Wildman–Crippen LogP) is 4.35. The molecule has 0 fully saturated rings. The van der Waals surface area contributed by atoms with Gasteiger partial charge in [-0.05, 0) is 74.6 Å². The van der Waals surface area contributed by atoms with Gasteiger partial charge in [-0.1, -0.05) is 6.92 Å². The summed E-state index contributed by atoms with van der Waals surface area (Å²) in [6.45, 7) is 7.42. The van der Waals surface area contributed by atoms with E-state index in [0.717, 1.165) is 22.9 Å². The smallest absolute Gasteiger partial charge is 0.211 e. The van der Waals surface area contributed by atoms with Crippen molar-refractivity contribution in [2.75, 3.05) is 23.8 Å². The van der Waals surface area contributed by atoms with Crippen LogP contribution in [0.5, 0.6) is 11.5 Å². The fraction of sp³-hybridized carbons (Fsp3) is 0.316. The highest BCUT2D eigenvalue weighted by atomic mass is 32.1. The Bertz CT molecular complexity index is 565. The third-order valence-corrected chi connectivity index (χ3v) is 3.05. The lowest BCUT2D eigenvalue weighted by Gasteiger charge is -2.12. The molecule has 0 saturated carbocycles. The van der Waals surface area contributed by atoms with Crippen molar-refractivity contribution in [3.05, 3.63) is 48.5 Å². The third kappa shape index (κ3) is 8.78. The Labute approximate surface area is 164 Å². The molecule has 0 aromatic heterocycles. The molecule has 2 rings (SSSR count). The summed E-state index contributed by atoms with van der Waals surface area (Å²) in [5.74, 6) is 1.69. The minimum absolute atomic E-state index is 0.535. The molecule has 0 amide bonds. The van der Waals surface area contributed by atoms with Gasteiger partial charge in [0.2, 0.25) is 16.3 Å². The van der Waals surface area contributed by atoms with Gasteiger partial charge >= 0.3 is 0 Å². The van der Waals surface area contributed by atoms with E-state index in [1.807, 2.05) is 62.4 Å². The fourth-order valence-corrected chi connectivity index (χ4v) is 2.13. The van der Waals surface area contributed by atoms with E-state index in [9.17, 15) is 0 Å². The summed E-state index contributed by atoms with van der Waals surface area (Å²) < 4.78 is 10.8. The summed E-state index contributed by atoms with van der Waals surface area (Å²) in [5.41, 5.74) is 1.82. The zero-order chi connectivity index (χ0) is 18.5. The van der Waals surface area contributed by atoms with E-state index in [1.54, 1.807) is 0 Å². The maximum absolute atomic E-state index is 5.40. The molecular formula is C19H27AlN2O2S. The summed E-state index contributed by atoms with van der Waals surface area (Å²) in [5, 5.41) is 8.19. The van der Waals surface area contributed by atoms with Crippen LogP contribution in [0, 0.1) is 0 Å². The van der Waals surface area contributed by atoms with Crippen molar-refractivity contribution in [3.8, 4) is 11.5 Å². The molecule has 0 aliphatic heterocycles. The van der Waals surface area contributed by atoms with Crippen LogP contribution in [0.4, 0.5) is 11.4 Å². The van der Waals surface area contributed by atoms with E-state index in [0.29, 0.717) is 18.3 Å². The minimum Gasteiger partial charge on any atom is -0.494 e. The number of nitrogens with one attached hydrogen (secondary N) is 2. The standard InChI is InChI=1S/C17H20N2O2S.C2H5.Al.2H/c1-3-20-15-9-5-13(6-10-15)18-17(22)19-14-7-11-16(12-8-14)21-4-2;1-2;;;/h5-12H,3-4H2,1-2H3,(H2,18,19,22);1H2,2H3;;;. The van der Waals surface area contributed by atoms with Crippen LogP contribution in [0.1, 0.15) is 20.8 Å². The summed E-state index contributed by atoms with van der Waals surface area (Å²) in [6, 6.07) is 15.3. The molecule has 134 valence electrons. The molecule has 0 heterocycles. The molecule has 0 bridgehead atoms. The second kappa shape index (κ2) is 12.6. The molecular weight excluding hydrogens is 347 g/mol. The molecule has 4 nitrogen and oxygen atoms in total. The Morgan fingerprint density at radius 3 is 1.40 bits per heavy atom. The van der Waals surface area contributed by atoms with Crippen molar-refractivity contribution >= 4 is 45.0 Å². The van der Waals surface area contributed by atoms with Gasteiger partial charge in [-0.25, -0.2) is 0 Å². The van der Waals surface area contributed by atoms with E-state index in [2.05, 4.69) is 17.6 Å². The van der Waals surface area contributed by atoms with Crippen molar-refractivity contribution in [1.82, 2.24) is 0 Å². The number of ether oxygens (including phenoxy) is 2. The van der Waals surface area contributed by atoms with Gasteiger partial charge in [0.1, 0.15) is 11.5 Å². The van der Waals surface area contributed by atoms with Crippen LogP contribution >= 0.6 is 12.2 Å². The van der Waals surface area contributed by atoms with E-state index in [-0.39, 0.29) is 0 Å². The maximum atomic E-state index is 5.40. The quantitative estimate of drug-likeness (QED) is 0.581. The number of hydrogen-bond acceptors (Lipinski definition) is 3. The first-order valence-corrected chi connectivity index (χ1v) is 10.5. The van der Waals surface area contributed by atoms with Crippen molar-refractivity contribution in [1.29, 1.82) is 0 Å². The molecule has 0 radical (unpaired) electrons. The van der Waals surface area contributed by atoms with Crippen LogP contribution in [-0.4, -0.2) is 34.6 Å². The number of anilines is 2. The molecule has 0 aliphatic rings. The van der Waals surface area contributed by atoms with Crippen LogP contribution in [0.15, 0.2) is 48.5 Å². The zero-order valence-corrected chi connectivity index (χ0v) is 18.3. The molecule has 2 N–H and O–H groups in total. The first-order chi connectivity index (χ1) is 12.1. The van der Waals surface area contributed by atoms with Crippen LogP contribution in [0.2, 0.25) is 5.28 Å². The van der Waals surface area contributed by atoms with E-state index >= 15 is 0 Å². The van der Waals surface area contributed by atoms with Crippen molar-refractivity contribution < 1.29 is 9.47 Å². The second-order valence-corrected chi connectivity index (χ2v) is 7.02. The first kappa shape index (κ1) is 21.3. The van der Waals surface area contributed by atoms with Crippen LogP contribution in [-0.2, 0) is 0 Å². The first-order valence-electron chi connectivity index (χ1n) is 8.66. The van der Waals surface area contributed by atoms with Gasteiger partial charge in [-0.3, -0.25) is 0 Å². The van der Waals surface area contributed by atoms with Crippen LogP contribution in [0.3, 0.4) is 0 Å². The maximum Gasteiger partial charge on any atom is 0.211 e. The summed E-state index contributed by atoms with van der Waals surface area (Å²) in [6.07, 6.45) is 0. The number of benzene rings is 2. The predicted molar refractivity (Wildman–Crippen MR) is 114 cm³/mol. The van der Waals surface area contributed by atoms with E-state index in [4.69, 9.17) is 21.7 Å². The third-order valence-electron chi connectivity index (χ3n) is 2.85. The SMILES string of the molecule is CCOc1ccc(NC(=S)Nc2ccc(OCC)cc2)cc1.C[CH2][AlH2]. The second-order valence-electron chi connectivity index (χ2n) is 5.20. The highest BCUT2D eigenvalue weighted by Gasteiger charge is 2.00. The lowest BCUT2D eigenvalue weighted by atomic mass is 10.3. The largest absolute Gasteiger partial charge is 0.494 e. The normalized spacial score (nSPS) is 9.40. The monoisotopic (exact) mass is 374 g/mol. The average Bonchev–Trinajstić information content (AvgIpc) is 2.60. The Hall–Kier alpha value is -1.74. The lowest BCUT2D eigenvalue weighted by molar-refractivity contribution is 0.340. The van der Waals surface area contributed by atoms with Crippen LogP contribution in [0.25, 0.3) is 0 Å². The number of thiocarbonyl (C=S) groups is 1. The van der Waals surface area contributed by atoms with E-state index in [1.165, 1.54) is 21.6 Å². The topological polar surface area (TPSA) is 42.5 Å². The number of rotatable bonds is 6. The fourth-order valence-electron chi connectivity index (χ4n) is 1.90. The Morgan fingerprint density at radius 2 is 1.12 bits per heavy atom. The molecule has 25 heavy (non-hydrogen) atoms. The van der Waals surface area contributed by atoms with Gasteiger partial charge in [-0.15, -0.1) is 5.28 Å². The van der Waals surface area contributed by atoms with Crippen molar-refractivity contribution in [2.24, 2.45) is 0 Å². The minimum atomic E-state index is 0.535. The Kier molecular flexibility index (Phi) is 10.7. The zero-order valence-electron chi connectivity index (χ0n) is 15.5. The Balaban J connectivity index is 0.000000970. The van der Waals surface area contributed by atoms with Gasteiger partial charge in [-0.2, -0.15) is 0 Å². The molecule has 6 heteroatoms. The summed E-state index contributed by atoms with van der Waals surface area (Å²) >= 11 is 6.67. The van der Waals surface area contributed by atoms with E-state index < -0.39 is 0 Å². The van der Waals surface area contributed by atoms with Gasteiger partial charge in [0, 0.05) is 11.4 Å². The molecule has 0 unspecified atom stereocenters. The van der Waals surface area contributed by atoms with Gasteiger partial charge < -0.3 is 20.1 Å². The molecule has 2 aromatic carbocycles. The summed E-state index contributed by atoms with van der Waals surface area (Å²) in [4.78, 5) is 0. The highest BCUT2D eigenvalue weighted by molar-refractivity contribution is 7.80. The Morgan fingerprint density at radius 1 is 0.800 bits per heavy atom. The highest BCUT2D eigenvalue weighted by Crippen LogP contribution is 2.18. The average molecular weight is 374 g/mol. The molecule has 2 aromatic rings. The van der Waals surface area contributed by atoms with Gasteiger partial charge in [0.15, 0.2) is 5.11 Å². The molecule has 0 spiro atoms. The van der Waals surface area contributed by atoms with Crippen molar-refractivity contribution in [2.45, 2.75) is 26.1 Å². The van der Waals surface area contributed by atoms with Gasteiger partial charge in [0.05, 0.1) is 13.2 Å².